The van der Waals surface area contributed by atoms with E-state index in [1.807, 2.05) is 6.07 Å². The van der Waals surface area contributed by atoms with E-state index < -0.39 is 0 Å². The molecular weight excluding hydrogens is 213 g/mol. The van der Waals surface area contributed by atoms with Crippen molar-refractivity contribution in [2.24, 2.45) is 5.92 Å². The van der Waals surface area contributed by atoms with Crippen molar-refractivity contribution in [3.05, 3.63) is 35.6 Å². The molecular formula is C15H24FN. The molecule has 0 aliphatic heterocycles. The van der Waals surface area contributed by atoms with E-state index in [-0.39, 0.29) is 5.82 Å². The maximum absolute atomic E-state index is 13.1. The molecule has 0 bridgehead atoms. The number of nitrogens with one attached hydrogen (secondary N) is 1. The Morgan fingerprint density at radius 3 is 2.65 bits per heavy atom. The van der Waals surface area contributed by atoms with Crippen molar-refractivity contribution in [2.45, 2.75) is 46.1 Å². The lowest BCUT2D eigenvalue weighted by molar-refractivity contribution is 0.416. The van der Waals surface area contributed by atoms with Gasteiger partial charge in [-0.15, -0.1) is 0 Å². The minimum atomic E-state index is -0.138. The average Bonchev–Trinajstić information content (AvgIpc) is 2.25. The molecule has 0 spiro atoms. The lowest BCUT2D eigenvalue weighted by Gasteiger charge is -2.20. The molecule has 1 aromatic rings. The van der Waals surface area contributed by atoms with E-state index in [1.54, 1.807) is 12.1 Å². The van der Waals surface area contributed by atoms with Gasteiger partial charge in [0.2, 0.25) is 0 Å². The highest BCUT2D eigenvalue weighted by molar-refractivity contribution is 5.17. The Morgan fingerprint density at radius 2 is 2.06 bits per heavy atom. The lowest BCUT2D eigenvalue weighted by Crippen LogP contribution is -2.33. The average molecular weight is 237 g/mol. The Labute approximate surface area is 104 Å². The summed E-state index contributed by atoms with van der Waals surface area (Å²) in [5.41, 5.74) is 1.08. The van der Waals surface area contributed by atoms with Crippen LogP contribution in [0.4, 0.5) is 4.39 Å². The van der Waals surface area contributed by atoms with Crippen LogP contribution in [0.2, 0.25) is 0 Å². The molecule has 0 fully saturated rings. The van der Waals surface area contributed by atoms with Gasteiger partial charge in [0.15, 0.2) is 0 Å². The number of hydrogen-bond donors (Lipinski definition) is 1. The van der Waals surface area contributed by atoms with Gasteiger partial charge in [0.05, 0.1) is 0 Å². The highest BCUT2D eigenvalue weighted by atomic mass is 19.1. The van der Waals surface area contributed by atoms with Crippen LogP contribution in [-0.4, -0.2) is 12.6 Å². The first-order valence-electron chi connectivity index (χ1n) is 6.59. The zero-order valence-electron chi connectivity index (χ0n) is 11.2. The van der Waals surface area contributed by atoms with Crippen LogP contribution < -0.4 is 5.32 Å². The SMILES string of the molecule is CCCNC(Cc1cccc(F)c1)CC(C)C. The fourth-order valence-corrected chi connectivity index (χ4v) is 2.10. The molecule has 0 radical (unpaired) electrons. The van der Waals surface area contributed by atoms with Gasteiger partial charge in [0.25, 0.3) is 0 Å². The van der Waals surface area contributed by atoms with Crippen molar-refractivity contribution in [1.82, 2.24) is 5.32 Å². The molecule has 0 aliphatic carbocycles. The van der Waals surface area contributed by atoms with E-state index in [0.29, 0.717) is 12.0 Å². The van der Waals surface area contributed by atoms with Gasteiger partial charge in [-0.3, -0.25) is 0 Å². The zero-order chi connectivity index (χ0) is 12.7. The second kappa shape index (κ2) is 7.44. The summed E-state index contributed by atoms with van der Waals surface area (Å²) >= 11 is 0. The zero-order valence-corrected chi connectivity index (χ0v) is 11.2. The Hall–Kier alpha value is -0.890. The maximum Gasteiger partial charge on any atom is 0.123 e. The van der Waals surface area contributed by atoms with Crippen LogP contribution in [-0.2, 0) is 6.42 Å². The molecule has 1 nitrogen and oxygen atoms in total. The number of hydrogen-bond acceptors (Lipinski definition) is 1. The standard InChI is InChI=1S/C15H24FN/c1-4-8-17-15(9-12(2)3)11-13-6-5-7-14(16)10-13/h5-7,10,12,15,17H,4,8-9,11H2,1-3H3. The molecule has 0 aliphatic rings. The normalized spacial score (nSPS) is 13.0. The Kier molecular flexibility index (Phi) is 6.20. The molecule has 1 aromatic carbocycles. The summed E-state index contributed by atoms with van der Waals surface area (Å²) in [5.74, 6) is 0.527. The van der Waals surface area contributed by atoms with Crippen LogP contribution in [0.3, 0.4) is 0 Å². The molecule has 0 saturated carbocycles. The molecule has 0 aromatic heterocycles. The van der Waals surface area contributed by atoms with E-state index in [2.05, 4.69) is 26.1 Å². The summed E-state index contributed by atoms with van der Waals surface area (Å²) in [4.78, 5) is 0. The Bertz CT molecular complexity index is 322. The number of benzene rings is 1. The lowest BCUT2D eigenvalue weighted by atomic mass is 9.97. The third-order valence-electron chi connectivity index (χ3n) is 2.81. The molecule has 96 valence electrons. The molecule has 0 saturated heterocycles. The molecule has 2 heteroatoms. The molecule has 17 heavy (non-hydrogen) atoms. The van der Waals surface area contributed by atoms with Crippen LogP contribution in [0.15, 0.2) is 24.3 Å². The van der Waals surface area contributed by atoms with E-state index in [1.165, 1.54) is 6.07 Å². The van der Waals surface area contributed by atoms with Crippen molar-refractivity contribution in [1.29, 1.82) is 0 Å². The maximum atomic E-state index is 13.1. The van der Waals surface area contributed by atoms with Gasteiger partial charge in [-0.05, 0) is 49.4 Å². The number of rotatable bonds is 7. The highest BCUT2D eigenvalue weighted by Gasteiger charge is 2.11. The summed E-state index contributed by atoms with van der Waals surface area (Å²) in [6, 6.07) is 7.39. The first-order chi connectivity index (χ1) is 8.11. The predicted molar refractivity (Wildman–Crippen MR) is 71.6 cm³/mol. The van der Waals surface area contributed by atoms with Crippen LogP contribution in [0.5, 0.6) is 0 Å². The summed E-state index contributed by atoms with van der Waals surface area (Å²) in [6.07, 6.45) is 3.18. The second-order valence-electron chi connectivity index (χ2n) is 5.11. The third kappa shape index (κ3) is 5.83. The van der Waals surface area contributed by atoms with E-state index in [4.69, 9.17) is 0 Å². The molecule has 1 N–H and O–H groups in total. The van der Waals surface area contributed by atoms with Crippen molar-refractivity contribution < 1.29 is 4.39 Å². The molecule has 0 amide bonds. The van der Waals surface area contributed by atoms with Gasteiger partial charge in [-0.1, -0.05) is 32.9 Å². The quantitative estimate of drug-likeness (QED) is 0.761. The van der Waals surface area contributed by atoms with Crippen LogP contribution >= 0.6 is 0 Å². The van der Waals surface area contributed by atoms with Crippen molar-refractivity contribution in [3.8, 4) is 0 Å². The first kappa shape index (κ1) is 14.2. The van der Waals surface area contributed by atoms with Gasteiger partial charge in [0, 0.05) is 6.04 Å². The van der Waals surface area contributed by atoms with E-state index >= 15 is 0 Å². The topological polar surface area (TPSA) is 12.0 Å². The first-order valence-corrected chi connectivity index (χ1v) is 6.59. The second-order valence-corrected chi connectivity index (χ2v) is 5.11. The van der Waals surface area contributed by atoms with Gasteiger partial charge < -0.3 is 5.32 Å². The van der Waals surface area contributed by atoms with Gasteiger partial charge in [-0.2, -0.15) is 0 Å². The Morgan fingerprint density at radius 1 is 1.29 bits per heavy atom. The van der Waals surface area contributed by atoms with Crippen molar-refractivity contribution in [2.75, 3.05) is 6.54 Å². The van der Waals surface area contributed by atoms with Crippen LogP contribution in [0.25, 0.3) is 0 Å². The van der Waals surface area contributed by atoms with Crippen molar-refractivity contribution in [3.63, 3.8) is 0 Å². The Balaban J connectivity index is 2.58. The van der Waals surface area contributed by atoms with Gasteiger partial charge >= 0.3 is 0 Å². The molecule has 1 atom stereocenters. The largest absolute Gasteiger partial charge is 0.314 e. The minimum absolute atomic E-state index is 0.138. The van der Waals surface area contributed by atoms with Crippen molar-refractivity contribution >= 4 is 0 Å². The monoisotopic (exact) mass is 237 g/mol. The highest BCUT2D eigenvalue weighted by Crippen LogP contribution is 2.12. The molecule has 1 unspecified atom stereocenters. The minimum Gasteiger partial charge on any atom is -0.314 e. The summed E-state index contributed by atoms with van der Waals surface area (Å²) in [6.45, 7) is 7.66. The molecule has 1 rings (SSSR count). The van der Waals surface area contributed by atoms with Crippen LogP contribution in [0.1, 0.15) is 39.2 Å². The summed E-state index contributed by atoms with van der Waals surface area (Å²) in [7, 11) is 0. The number of halogens is 1. The van der Waals surface area contributed by atoms with Gasteiger partial charge in [0.1, 0.15) is 5.82 Å². The summed E-state index contributed by atoms with van der Waals surface area (Å²) in [5, 5.41) is 3.55. The third-order valence-corrected chi connectivity index (χ3v) is 2.81. The fraction of sp³-hybridized carbons (Fsp3) is 0.600. The smallest absolute Gasteiger partial charge is 0.123 e. The molecule has 0 heterocycles. The van der Waals surface area contributed by atoms with Gasteiger partial charge in [-0.25, -0.2) is 4.39 Å². The van der Waals surface area contributed by atoms with E-state index in [9.17, 15) is 4.39 Å². The fourth-order valence-electron chi connectivity index (χ4n) is 2.10. The predicted octanol–water partition coefficient (Wildman–Crippen LogP) is 3.78. The van der Waals surface area contributed by atoms with E-state index in [0.717, 1.165) is 31.4 Å². The van der Waals surface area contributed by atoms with Crippen LogP contribution in [0, 0.1) is 11.7 Å². The summed E-state index contributed by atoms with van der Waals surface area (Å²) < 4.78 is 13.1.